The minimum Gasteiger partial charge on any atom is -0.461 e. The van der Waals surface area contributed by atoms with Gasteiger partial charge in [-0.05, 0) is 49.7 Å². The van der Waals surface area contributed by atoms with Gasteiger partial charge in [0.1, 0.15) is 12.0 Å². The Kier molecular flexibility index (Phi) is 5.26. The summed E-state index contributed by atoms with van der Waals surface area (Å²) in [4.78, 5) is 40.4. The van der Waals surface area contributed by atoms with Crippen molar-refractivity contribution in [2.24, 2.45) is 11.0 Å². The monoisotopic (exact) mass is 445 g/mol. The summed E-state index contributed by atoms with van der Waals surface area (Å²) >= 11 is 12.3. The van der Waals surface area contributed by atoms with Gasteiger partial charge in [0.15, 0.2) is 5.71 Å². The third-order valence-corrected chi connectivity index (χ3v) is 5.73. The van der Waals surface area contributed by atoms with Gasteiger partial charge in [-0.15, -0.1) is 0 Å². The molecule has 2 amide bonds. The number of hydrogen-bond donors (Lipinski definition) is 0. The van der Waals surface area contributed by atoms with E-state index >= 15 is 0 Å². The van der Waals surface area contributed by atoms with Gasteiger partial charge < -0.3 is 4.74 Å². The number of nitrogens with zero attached hydrogens (tertiary/aromatic N) is 3. The van der Waals surface area contributed by atoms with Crippen LogP contribution in [0.1, 0.15) is 12.5 Å². The first-order chi connectivity index (χ1) is 14.3. The van der Waals surface area contributed by atoms with Crippen LogP contribution in [0.3, 0.4) is 0 Å². The summed E-state index contributed by atoms with van der Waals surface area (Å²) in [5.41, 5.74) is 1.34. The fourth-order valence-corrected chi connectivity index (χ4v) is 4.05. The Morgan fingerprint density at radius 1 is 1.13 bits per heavy atom. The van der Waals surface area contributed by atoms with Crippen LogP contribution in [-0.2, 0) is 19.1 Å². The van der Waals surface area contributed by atoms with Crippen molar-refractivity contribution in [3.05, 3.63) is 58.1 Å². The van der Waals surface area contributed by atoms with Crippen LogP contribution in [0.15, 0.2) is 47.6 Å². The number of rotatable bonds is 4. The highest BCUT2D eigenvalue weighted by Gasteiger charge is 2.59. The Hall–Kier alpha value is -2.90. The number of anilines is 2. The maximum atomic E-state index is 13.4. The van der Waals surface area contributed by atoms with E-state index in [0.717, 1.165) is 4.90 Å². The molecule has 4 rings (SSSR count). The zero-order valence-corrected chi connectivity index (χ0v) is 17.6. The SMILES string of the molecule is CCOC(=O)C1=NN(c2cccc(Cl)c2)[C@@H]2C(=O)N(c3cccc(Cl)c3C)C(=O)[C@@H]12. The van der Waals surface area contributed by atoms with E-state index in [1.807, 2.05) is 0 Å². The molecular weight excluding hydrogens is 429 g/mol. The van der Waals surface area contributed by atoms with E-state index < -0.39 is 29.7 Å². The molecule has 2 heterocycles. The van der Waals surface area contributed by atoms with Crippen LogP contribution in [0, 0.1) is 12.8 Å². The smallest absolute Gasteiger partial charge is 0.355 e. The van der Waals surface area contributed by atoms with E-state index in [9.17, 15) is 14.4 Å². The quantitative estimate of drug-likeness (QED) is 0.530. The molecule has 9 heteroatoms. The second kappa shape index (κ2) is 7.74. The number of amides is 2. The molecule has 0 spiro atoms. The molecule has 2 aromatic carbocycles. The molecule has 0 N–H and O–H groups in total. The molecule has 2 aliphatic heterocycles. The highest BCUT2D eigenvalue weighted by molar-refractivity contribution is 6.47. The Bertz CT molecular complexity index is 1100. The third kappa shape index (κ3) is 3.14. The van der Waals surface area contributed by atoms with Crippen molar-refractivity contribution in [3.63, 3.8) is 0 Å². The molecule has 154 valence electrons. The predicted molar refractivity (Wildman–Crippen MR) is 114 cm³/mol. The van der Waals surface area contributed by atoms with Crippen molar-refractivity contribution in [1.82, 2.24) is 0 Å². The Balaban J connectivity index is 1.83. The minimum absolute atomic E-state index is 0.109. The lowest BCUT2D eigenvalue weighted by atomic mass is 9.97. The van der Waals surface area contributed by atoms with Crippen LogP contribution in [-0.4, -0.2) is 36.1 Å². The minimum atomic E-state index is -1.09. The third-order valence-electron chi connectivity index (χ3n) is 5.09. The van der Waals surface area contributed by atoms with Gasteiger partial charge in [0.05, 0.1) is 18.0 Å². The second-order valence-electron chi connectivity index (χ2n) is 6.85. The van der Waals surface area contributed by atoms with E-state index in [4.69, 9.17) is 27.9 Å². The number of ether oxygens (including phenoxy) is 1. The first-order valence-electron chi connectivity index (χ1n) is 9.28. The number of carbonyl (C=O) groups is 3. The van der Waals surface area contributed by atoms with Crippen LogP contribution in [0.4, 0.5) is 11.4 Å². The average molecular weight is 446 g/mol. The molecule has 1 saturated heterocycles. The predicted octanol–water partition coefficient (Wildman–Crippen LogP) is 3.60. The molecule has 0 aliphatic carbocycles. The zero-order valence-electron chi connectivity index (χ0n) is 16.1. The van der Waals surface area contributed by atoms with Gasteiger partial charge >= 0.3 is 5.97 Å². The van der Waals surface area contributed by atoms with Crippen LogP contribution < -0.4 is 9.91 Å². The lowest BCUT2D eigenvalue weighted by Gasteiger charge is -2.23. The summed E-state index contributed by atoms with van der Waals surface area (Å²) in [5, 5.41) is 6.52. The van der Waals surface area contributed by atoms with Crippen LogP contribution in [0.25, 0.3) is 0 Å². The van der Waals surface area contributed by atoms with Gasteiger partial charge in [0.2, 0.25) is 5.91 Å². The second-order valence-corrected chi connectivity index (χ2v) is 7.69. The molecule has 2 aromatic rings. The molecule has 2 aliphatic rings. The van der Waals surface area contributed by atoms with E-state index in [2.05, 4.69) is 5.10 Å². The van der Waals surface area contributed by atoms with E-state index in [1.165, 1.54) is 5.01 Å². The van der Waals surface area contributed by atoms with E-state index in [-0.39, 0.29) is 12.3 Å². The maximum Gasteiger partial charge on any atom is 0.355 e. The number of carbonyl (C=O) groups excluding carboxylic acids is 3. The molecule has 0 unspecified atom stereocenters. The van der Waals surface area contributed by atoms with Crippen molar-refractivity contribution < 1.29 is 19.1 Å². The summed E-state index contributed by atoms with van der Waals surface area (Å²) in [6, 6.07) is 10.6. The number of benzene rings is 2. The Morgan fingerprint density at radius 3 is 2.57 bits per heavy atom. The number of imide groups is 1. The molecular formula is C21H17Cl2N3O4. The Labute approximate surface area is 182 Å². The van der Waals surface area contributed by atoms with Gasteiger partial charge in [-0.3, -0.25) is 14.6 Å². The van der Waals surface area contributed by atoms with Crippen molar-refractivity contribution in [1.29, 1.82) is 0 Å². The Morgan fingerprint density at radius 2 is 1.87 bits per heavy atom. The normalized spacial score (nSPS) is 20.5. The number of esters is 1. The van der Waals surface area contributed by atoms with Gasteiger partial charge in [-0.1, -0.05) is 35.3 Å². The molecule has 0 aromatic heterocycles. The van der Waals surface area contributed by atoms with Gasteiger partial charge in [-0.25, -0.2) is 9.69 Å². The fourth-order valence-electron chi connectivity index (χ4n) is 3.70. The van der Waals surface area contributed by atoms with Gasteiger partial charge in [0, 0.05) is 10.0 Å². The van der Waals surface area contributed by atoms with Crippen molar-refractivity contribution in [3.8, 4) is 0 Å². The fraction of sp³-hybridized carbons (Fsp3) is 0.238. The first kappa shape index (κ1) is 20.4. The van der Waals surface area contributed by atoms with Crippen molar-refractivity contribution >= 4 is 58.1 Å². The lowest BCUT2D eigenvalue weighted by molar-refractivity contribution is -0.136. The molecule has 7 nitrogen and oxygen atoms in total. The number of hydrazone groups is 1. The summed E-state index contributed by atoms with van der Waals surface area (Å²) < 4.78 is 5.08. The topological polar surface area (TPSA) is 79.3 Å². The largest absolute Gasteiger partial charge is 0.461 e. The van der Waals surface area contributed by atoms with Crippen LogP contribution >= 0.6 is 23.2 Å². The average Bonchev–Trinajstić information content (AvgIpc) is 3.22. The van der Waals surface area contributed by atoms with Crippen molar-refractivity contribution in [2.45, 2.75) is 19.9 Å². The summed E-state index contributed by atoms with van der Waals surface area (Å²) in [5.74, 6) is -2.87. The molecule has 0 saturated carbocycles. The van der Waals surface area contributed by atoms with E-state index in [1.54, 1.807) is 56.3 Å². The van der Waals surface area contributed by atoms with Crippen LogP contribution in [0.2, 0.25) is 10.0 Å². The lowest BCUT2D eigenvalue weighted by Crippen LogP contribution is -2.39. The molecule has 1 fully saturated rings. The number of fused-ring (bicyclic) bond motifs is 1. The molecule has 30 heavy (non-hydrogen) atoms. The van der Waals surface area contributed by atoms with Crippen LogP contribution in [0.5, 0.6) is 0 Å². The summed E-state index contributed by atoms with van der Waals surface area (Å²) in [7, 11) is 0. The first-order valence-corrected chi connectivity index (χ1v) is 10.0. The van der Waals surface area contributed by atoms with E-state index in [0.29, 0.717) is 27.0 Å². The maximum absolute atomic E-state index is 13.4. The number of halogens is 2. The van der Waals surface area contributed by atoms with Gasteiger partial charge in [-0.2, -0.15) is 5.10 Å². The highest BCUT2D eigenvalue weighted by Crippen LogP contribution is 2.40. The zero-order chi connectivity index (χ0) is 21.6. The van der Waals surface area contributed by atoms with Crippen molar-refractivity contribution in [2.75, 3.05) is 16.5 Å². The molecule has 0 radical (unpaired) electrons. The standard InChI is InChI=1S/C21H17Cl2N3O4/c1-3-30-21(29)17-16-18(26(24-17)13-7-4-6-12(22)10-13)20(28)25(19(16)27)15-9-5-8-14(23)11(15)2/h4-10,16,18H,3H2,1-2H3/t16-,18-/m0/s1. The number of hydrogen-bond acceptors (Lipinski definition) is 6. The molecule has 0 bridgehead atoms. The van der Waals surface area contributed by atoms with Gasteiger partial charge in [0.25, 0.3) is 5.91 Å². The summed E-state index contributed by atoms with van der Waals surface area (Å²) in [6.07, 6.45) is 0. The highest BCUT2D eigenvalue weighted by atomic mass is 35.5. The summed E-state index contributed by atoms with van der Waals surface area (Å²) in [6.45, 7) is 3.50. The molecule has 2 atom stereocenters.